The Morgan fingerprint density at radius 2 is 1.88 bits per heavy atom. The van der Waals surface area contributed by atoms with Gasteiger partial charge in [-0.25, -0.2) is 14.1 Å². The number of carbonyl (C=O) groups is 2. The molecule has 1 amide bonds. The van der Waals surface area contributed by atoms with Crippen molar-refractivity contribution < 1.29 is 14.0 Å². The topological polar surface area (TPSA) is 121 Å². The minimum Gasteiger partial charge on any atom is -0.365 e. The number of anilines is 1. The number of nitrogens with zero attached hydrogens (tertiary/aromatic N) is 9. The molecule has 210 valence electrons. The van der Waals surface area contributed by atoms with Gasteiger partial charge in [-0.2, -0.15) is 5.10 Å². The average molecular weight is 557 g/mol. The fourth-order valence-corrected chi connectivity index (χ4v) is 5.04. The number of Topliss-reactive ketones (excluding diaryl/α,β-unsaturated/α-hetero) is 1. The number of aromatic amines is 1. The van der Waals surface area contributed by atoms with Crippen molar-refractivity contribution in [3.05, 3.63) is 72.7 Å². The van der Waals surface area contributed by atoms with Crippen molar-refractivity contribution in [2.24, 2.45) is 0 Å². The van der Waals surface area contributed by atoms with E-state index in [0.717, 1.165) is 36.2 Å². The highest BCUT2D eigenvalue weighted by Crippen LogP contribution is 2.31. The number of H-pyrrole nitrogens is 1. The van der Waals surface area contributed by atoms with Gasteiger partial charge in [-0.1, -0.05) is 35.5 Å². The van der Waals surface area contributed by atoms with Gasteiger partial charge in [-0.05, 0) is 14.1 Å². The maximum atomic E-state index is 14.9. The summed E-state index contributed by atoms with van der Waals surface area (Å²) in [5.74, 6) is -1.87. The molecule has 5 heterocycles. The predicted molar refractivity (Wildman–Crippen MR) is 150 cm³/mol. The Morgan fingerprint density at radius 1 is 1.10 bits per heavy atom. The number of halogens is 1. The predicted octanol–water partition coefficient (Wildman–Crippen LogP) is 2.24. The number of pyridine rings is 1. The van der Waals surface area contributed by atoms with E-state index in [9.17, 15) is 14.0 Å². The van der Waals surface area contributed by atoms with Crippen LogP contribution in [0.4, 0.5) is 10.1 Å². The molecule has 1 aromatic carbocycles. The van der Waals surface area contributed by atoms with Gasteiger partial charge in [-0.15, -0.1) is 5.10 Å². The third-order valence-electron chi connectivity index (χ3n) is 7.19. The van der Waals surface area contributed by atoms with Crippen molar-refractivity contribution in [3.8, 4) is 17.1 Å². The molecular weight excluding hydrogens is 527 g/mol. The number of aromatic nitrogens is 7. The van der Waals surface area contributed by atoms with Crippen molar-refractivity contribution in [1.29, 1.82) is 0 Å². The highest BCUT2D eigenvalue weighted by Gasteiger charge is 2.31. The van der Waals surface area contributed by atoms with Gasteiger partial charge in [0.15, 0.2) is 11.6 Å². The minimum atomic E-state index is -0.777. The van der Waals surface area contributed by atoms with Gasteiger partial charge in [-0.3, -0.25) is 14.3 Å². The number of carbonyl (C=O) groups excluding carboxylic acids is 2. The molecule has 0 aliphatic carbocycles. The molecule has 41 heavy (non-hydrogen) atoms. The van der Waals surface area contributed by atoms with Crippen LogP contribution in [0.5, 0.6) is 0 Å². The maximum Gasteiger partial charge on any atom is 0.295 e. The smallest absolute Gasteiger partial charge is 0.295 e. The van der Waals surface area contributed by atoms with Crippen molar-refractivity contribution in [2.45, 2.75) is 6.54 Å². The number of fused-ring (bicyclic) bond motifs is 1. The van der Waals surface area contributed by atoms with Crippen LogP contribution < -0.4 is 4.90 Å². The number of rotatable bonds is 8. The summed E-state index contributed by atoms with van der Waals surface area (Å²) < 4.78 is 18.2. The highest BCUT2D eigenvalue weighted by atomic mass is 19.1. The van der Waals surface area contributed by atoms with Crippen LogP contribution >= 0.6 is 0 Å². The van der Waals surface area contributed by atoms with Crippen molar-refractivity contribution in [3.63, 3.8) is 0 Å². The molecule has 0 unspecified atom stereocenters. The first-order valence-electron chi connectivity index (χ1n) is 13.3. The van der Waals surface area contributed by atoms with Crippen molar-refractivity contribution >= 4 is 28.3 Å². The van der Waals surface area contributed by atoms with Crippen LogP contribution in [0.1, 0.15) is 10.4 Å². The number of benzene rings is 1. The van der Waals surface area contributed by atoms with Crippen LogP contribution in [-0.2, 0) is 11.3 Å². The second kappa shape index (κ2) is 10.9. The summed E-state index contributed by atoms with van der Waals surface area (Å²) in [5, 5.41) is 12.5. The van der Waals surface area contributed by atoms with Gasteiger partial charge in [0.05, 0.1) is 47.3 Å². The standard InChI is InChI=1S/C28H29FN10O2/c1-35(2)10-15-38-18-22(24(33-38)19-6-4-3-5-7-19)36-11-13-37(14-12-36)28(41)26(40)20-16-30-25-23(20)21(29)17-31-27(25)39-9-8-32-34-39/h3-9,16-18,30H,10-15H2,1-2H3. The highest BCUT2D eigenvalue weighted by molar-refractivity contribution is 6.45. The van der Waals surface area contributed by atoms with E-state index in [-0.39, 0.29) is 22.3 Å². The first-order valence-corrected chi connectivity index (χ1v) is 13.3. The second-order valence-corrected chi connectivity index (χ2v) is 10.1. The fourth-order valence-electron chi connectivity index (χ4n) is 5.04. The molecule has 1 N–H and O–H groups in total. The molecule has 5 aromatic rings. The summed E-state index contributed by atoms with van der Waals surface area (Å²) in [7, 11) is 4.05. The lowest BCUT2D eigenvalue weighted by molar-refractivity contribution is -0.126. The van der Waals surface area contributed by atoms with Crippen LogP contribution in [-0.4, -0.2) is 103 Å². The van der Waals surface area contributed by atoms with Crippen LogP contribution in [0.15, 0.2) is 61.3 Å². The molecule has 12 nitrogen and oxygen atoms in total. The van der Waals surface area contributed by atoms with Gasteiger partial charge in [0, 0.05) is 50.7 Å². The second-order valence-electron chi connectivity index (χ2n) is 10.1. The molecule has 0 bridgehead atoms. The van der Waals surface area contributed by atoms with E-state index in [1.807, 2.05) is 55.3 Å². The maximum absolute atomic E-state index is 14.9. The molecule has 1 fully saturated rings. The van der Waals surface area contributed by atoms with E-state index in [1.54, 1.807) is 6.20 Å². The van der Waals surface area contributed by atoms with Crippen LogP contribution in [0, 0.1) is 5.82 Å². The Kier molecular flexibility index (Phi) is 7.01. The minimum absolute atomic E-state index is 0.000118. The zero-order valence-corrected chi connectivity index (χ0v) is 22.7. The van der Waals surface area contributed by atoms with E-state index in [0.29, 0.717) is 26.2 Å². The molecule has 0 radical (unpaired) electrons. The number of hydrogen-bond acceptors (Lipinski definition) is 8. The molecule has 4 aromatic heterocycles. The first-order chi connectivity index (χ1) is 19.9. The number of amides is 1. The molecule has 0 saturated carbocycles. The quantitative estimate of drug-likeness (QED) is 0.228. The Hall–Kier alpha value is -4.91. The summed E-state index contributed by atoms with van der Waals surface area (Å²) in [4.78, 5) is 39.4. The Labute approximate surface area is 235 Å². The molecule has 0 atom stereocenters. The van der Waals surface area contributed by atoms with E-state index >= 15 is 0 Å². The van der Waals surface area contributed by atoms with E-state index in [1.165, 1.54) is 22.0 Å². The summed E-state index contributed by atoms with van der Waals surface area (Å²) in [5.41, 5.74) is 3.10. The van der Waals surface area contributed by atoms with Gasteiger partial charge >= 0.3 is 0 Å². The third-order valence-corrected chi connectivity index (χ3v) is 7.19. The summed E-state index contributed by atoms with van der Waals surface area (Å²) >= 11 is 0. The number of piperazine rings is 1. The van der Waals surface area contributed by atoms with E-state index < -0.39 is 17.5 Å². The third kappa shape index (κ3) is 5.07. The largest absolute Gasteiger partial charge is 0.365 e. The molecule has 1 aliphatic heterocycles. The lowest BCUT2D eigenvalue weighted by Gasteiger charge is -2.35. The Balaban J connectivity index is 1.20. The van der Waals surface area contributed by atoms with Crippen LogP contribution in [0.2, 0.25) is 0 Å². The van der Waals surface area contributed by atoms with Crippen molar-refractivity contribution in [1.82, 2.24) is 44.5 Å². The molecule has 1 aliphatic rings. The summed E-state index contributed by atoms with van der Waals surface area (Å²) in [6.07, 6.45) is 7.43. The number of likely N-dealkylation sites (N-methyl/N-ethyl adjacent to an activating group) is 1. The summed E-state index contributed by atoms with van der Waals surface area (Å²) in [6.45, 7) is 3.35. The Bertz CT molecular complexity index is 1690. The van der Waals surface area contributed by atoms with Gasteiger partial charge in [0.25, 0.3) is 11.7 Å². The van der Waals surface area contributed by atoms with Gasteiger partial charge in [0.2, 0.25) is 0 Å². The molecule has 13 heteroatoms. The van der Waals surface area contributed by atoms with Crippen LogP contribution in [0.25, 0.3) is 28.0 Å². The lowest BCUT2D eigenvalue weighted by atomic mass is 10.1. The first kappa shape index (κ1) is 26.3. The Morgan fingerprint density at radius 3 is 2.59 bits per heavy atom. The molecule has 1 saturated heterocycles. The molecule has 0 spiro atoms. The monoisotopic (exact) mass is 556 g/mol. The van der Waals surface area contributed by atoms with Gasteiger partial charge in [0.1, 0.15) is 5.69 Å². The number of ketones is 1. The molecular formula is C28H29FN10O2. The SMILES string of the molecule is CN(C)CCn1cc(N2CCN(C(=O)C(=O)c3c[nH]c4c(-n5ccnn5)ncc(F)c34)CC2)c(-c2ccccc2)n1. The molecule has 6 rings (SSSR count). The van der Waals surface area contributed by atoms with Gasteiger partial charge < -0.3 is 19.7 Å². The number of nitrogens with one attached hydrogen (secondary N) is 1. The fraction of sp³-hybridized carbons (Fsp3) is 0.286. The average Bonchev–Trinajstić information content (AvgIpc) is 3.77. The van der Waals surface area contributed by atoms with Crippen LogP contribution in [0.3, 0.4) is 0 Å². The number of hydrogen-bond donors (Lipinski definition) is 1. The zero-order valence-electron chi connectivity index (χ0n) is 22.7. The zero-order chi connectivity index (χ0) is 28.5. The lowest BCUT2D eigenvalue weighted by Crippen LogP contribution is -2.50. The van der Waals surface area contributed by atoms with Crippen molar-refractivity contribution in [2.75, 3.05) is 51.7 Å². The van der Waals surface area contributed by atoms with E-state index in [2.05, 4.69) is 30.1 Å². The summed E-state index contributed by atoms with van der Waals surface area (Å²) in [6, 6.07) is 10.0. The van der Waals surface area contributed by atoms with E-state index in [4.69, 9.17) is 5.10 Å². The normalized spacial score (nSPS) is 13.9.